The van der Waals surface area contributed by atoms with Crippen molar-refractivity contribution in [3.05, 3.63) is 29.1 Å². The summed E-state index contributed by atoms with van der Waals surface area (Å²) in [4.78, 5) is 11.2. The number of halogens is 1. The van der Waals surface area contributed by atoms with Crippen LogP contribution in [0.2, 0.25) is 0 Å². The summed E-state index contributed by atoms with van der Waals surface area (Å²) in [7, 11) is -3.84. The third kappa shape index (κ3) is 2.96. The number of primary amides is 1. The molecule has 1 heterocycles. The van der Waals surface area contributed by atoms with Crippen molar-refractivity contribution >= 4 is 21.8 Å². The Hall–Kier alpha value is -2.18. The monoisotopic (exact) mass is 312 g/mol. The van der Waals surface area contributed by atoms with Crippen LogP contribution in [0.1, 0.15) is 28.8 Å². The standard InChI is InChI=1S/C12H13FN4O3S/c13-9-3-4-10(8(7-14)11(9)12(15)18)16-21(19,20)17-5-1-2-6-17/h3-4,16H,1-2,5-6H2,(H2,15,18). The topological polar surface area (TPSA) is 116 Å². The molecule has 1 aliphatic heterocycles. The smallest absolute Gasteiger partial charge is 0.301 e. The second-order valence-corrected chi connectivity index (χ2v) is 6.20. The van der Waals surface area contributed by atoms with Crippen LogP contribution in [0, 0.1) is 17.1 Å². The summed E-state index contributed by atoms with van der Waals surface area (Å²) in [5.74, 6) is -2.10. The van der Waals surface area contributed by atoms with Crippen molar-refractivity contribution in [3.8, 4) is 6.07 Å². The van der Waals surface area contributed by atoms with Crippen molar-refractivity contribution in [2.75, 3.05) is 17.8 Å². The van der Waals surface area contributed by atoms with Gasteiger partial charge in [-0.05, 0) is 25.0 Å². The molecule has 2 rings (SSSR count). The van der Waals surface area contributed by atoms with Crippen LogP contribution in [0.3, 0.4) is 0 Å². The number of nitrogens with two attached hydrogens (primary N) is 1. The van der Waals surface area contributed by atoms with Gasteiger partial charge in [0.15, 0.2) is 0 Å². The van der Waals surface area contributed by atoms with E-state index in [2.05, 4.69) is 4.72 Å². The first kappa shape index (κ1) is 15.2. The number of nitriles is 1. The Labute approximate surface area is 121 Å². The predicted octanol–water partition coefficient (Wildman–Crippen LogP) is 0.549. The highest BCUT2D eigenvalue weighted by atomic mass is 32.2. The molecule has 1 aromatic rings. The van der Waals surface area contributed by atoms with Crippen molar-refractivity contribution in [2.45, 2.75) is 12.8 Å². The molecule has 21 heavy (non-hydrogen) atoms. The summed E-state index contributed by atoms with van der Waals surface area (Å²) < 4.78 is 41.3. The van der Waals surface area contributed by atoms with E-state index in [1.165, 1.54) is 4.31 Å². The number of carbonyl (C=O) groups excluding carboxylic acids is 1. The number of carbonyl (C=O) groups is 1. The predicted molar refractivity (Wildman–Crippen MR) is 73.0 cm³/mol. The average Bonchev–Trinajstić information content (AvgIpc) is 2.94. The second-order valence-electron chi connectivity index (χ2n) is 4.53. The third-order valence-electron chi connectivity index (χ3n) is 3.16. The number of anilines is 1. The molecule has 7 nitrogen and oxygen atoms in total. The van der Waals surface area contributed by atoms with Gasteiger partial charge in [0.1, 0.15) is 11.9 Å². The van der Waals surface area contributed by atoms with E-state index in [1.54, 1.807) is 6.07 Å². The van der Waals surface area contributed by atoms with Crippen LogP contribution in [0.15, 0.2) is 12.1 Å². The minimum atomic E-state index is -3.84. The lowest BCUT2D eigenvalue weighted by Crippen LogP contribution is -2.33. The molecule has 0 bridgehead atoms. The molecule has 0 aromatic heterocycles. The average molecular weight is 312 g/mol. The van der Waals surface area contributed by atoms with E-state index >= 15 is 0 Å². The molecular weight excluding hydrogens is 299 g/mol. The molecule has 1 amide bonds. The quantitative estimate of drug-likeness (QED) is 0.844. The minimum Gasteiger partial charge on any atom is -0.365 e. The van der Waals surface area contributed by atoms with Crippen molar-refractivity contribution in [1.29, 1.82) is 5.26 Å². The first-order chi connectivity index (χ1) is 9.86. The van der Waals surface area contributed by atoms with Crippen molar-refractivity contribution in [3.63, 3.8) is 0 Å². The highest BCUT2D eigenvalue weighted by Gasteiger charge is 2.27. The molecule has 1 aromatic carbocycles. The minimum absolute atomic E-state index is 0.167. The third-order valence-corrected chi connectivity index (χ3v) is 4.68. The zero-order valence-corrected chi connectivity index (χ0v) is 11.8. The van der Waals surface area contributed by atoms with E-state index in [-0.39, 0.29) is 5.69 Å². The number of benzene rings is 1. The van der Waals surface area contributed by atoms with Gasteiger partial charge in [0.25, 0.3) is 5.91 Å². The molecule has 1 saturated heterocycles. The van der Waals surface area contributed by atoms with Gasteiger partial charge in [-0.1, -0.05) is 0 Å². The number of amides is 1. The van der Waals surface area contributed by atoms with Crippen LogP contribution in [0.5, 0.6) is 0 Å². The van der Waals surface area contributed by atoms with E-state index in [0.29, 0.717) is 13.1 Å². The van der Waals surface area contributed by atoms with Crippen molar-refractivity contribution in [2.24, 2.45) is 5.73 Å². The van der Waals surface area contributed by atoms with Crippen LogP contribution in [-0.4, -0.2) is 31.7 Å². The molecule has 0 spiro atoms. The summed E-state index contributed by atoms with van der Waals surface area (Å²) in [6.07, 6.45) is 1.50. The lowest BCUT2D eigenvalue weighted by atomic mass is 10.1. The van der Waals surface area contributed by atoms with Gasteiger partial charge in [-0.25, -0.2) is 4.39 Å². The highest BCUT2D eigenvalue weighted by Crippen LogP contribution is 2.24. The van der Waals surface area contributed by atoms with Gasteiger partial charge < -0.3 is 5.73 Å². The van der Waals surface area contributed by atoms with Gasteiger partial charge >= 0.3 is 10.2 Å². The molecule has 112 valence electrons. The van der Waals surface area contributed by atoms with Gasteiger partial charge in [0, 0.05) is 13.1 Å². The van der Waals surface area contributed by atoms with Crippen LogP contribution >= 0.6 is 0 Å². The number of nitrogens with zero attached hydrogens (tertiary/aromatic N) is 2. The number of hydrogen-bond acceptors (Lipinski definition) is 4. The molecule has 1 aliphatic rings. The highest BCUT2D eigenvalue weighted by molar-refractivity contribution is 7.90. The molecule has 3 N–H and O–H groups in total. The molecule has 0 saturated carbocycles. The van der Waals surface area contributed by atoms with Gasteiger partial charge in [0.05, 0.1) is 16.8 Å². The first-order valence-electron chi connectivity index (χ1n) is 6.17. The fourth-order valence-corrected chi connectivity index (χ4v) is 3.47. The van der Waals surface area contributed by atoms with Gasteiger partial charge in [0.2, 0.25) is 0 Å². The number of hydrogen-bond donors (Lipinski definition) is 2. The van der Waals surface area contributed by atoms with Crippen molar-refractivity contribution < 1.29 is 17.6 Å². The largest absolute Gasteiger partial charge is 0.365 e. The Morgan fingerprint density at radius 1 is 1.38 bits per heavy atom. The van der Waals surface area contributed by atoms with Crippen molar-refractivity contribution in [1.82, 2.24) is 4.31 Å². The maximum atomic E-state index is 13.6. The summed E-state index contributed by atoms with van der Waals surface area (Å²) >= 11 is 0. The van der Waals surface area contributed by atoms with Crippen LogP contribution < -0.4 is 10.5 Å². The zero-order valence-electron chi connectivity index (χ0n) is 11.0. The lowest BCUT2D eigenvalue weighted by molar-refractivity contribution is 0.0996. The number of rotatable bonds is 4. The molecule has 1 fully saturated rings. The van der Waals surface area contributed by atoms with E-state index in [1.807, 2.05) is 0 Å². The zero-order chi connectivity index (χ0) is 15.6. The maximum absolute atomic E-state index is 13.6. The molecule has 0 unspecified atom stereocenters. The Kier molecular flexibility index (Phi) is 4.11. The van der Waals surface area contributed by atoms with Gasteiger partial charge in [-0.2, -0.15) is 18.0 Å². The number of nitrogens with one attached hydrogen (secondary N) is 1. The Morgan fingerprint density at radius 3 is 2.52 bits per heavy atom. The van der Waals surface area contributed by atoms with Crippen LogP contribution in [0.4, 0.5) is 10.1 Å². The van der Waals surface area contributed by atoms with Gasteiger partial charge in [-0.15, -0.1) is 0 Å². The van der Waals surface area contributed by atoms with Crippen LogP contribution in [-0.2, 0) is 10.2 Å². The lowest BCUT2D eigenvalue weighted by Gasteiger charge is -2.18. The molecule has 0 atom stereocenters. The van der Waals surface area contributed by atoms with E-state index < -0.39 is 33.1 Å². The van der Waals surface area contributed by atoms with E-state index in [9.17, 15) is 17.6 Å². The van der Waals surface area contributed by atoms with E-state index in [0.717, 1.165) is 25.0 Å². The maximum Gasteiger partial charge on any atom is 0.301 e. The summed E-state index contributed by atoms with van der Waals surface area (Å²) in [6, 6.07) is 3.60. The Morgan fingerprint density at radius 2 is 2.00 bits per heavy atom. The molecular formula is C12H13FN4O3S. The molecule has 9 heteroatoms. The van der Waals surface area contributed by atoms with Crippen LogP contribution in [0.25, 0.3) is 0 Å². The normalized spacial score (nSPS) is 15.6. The Balaban J connectivity index is 2.44. The fraction of sp³-hybridized carbons (Fsp3) is 0.333. The summed E-state index contributed by atoms with van der Waals surface area (Å²) in [5.41, 5.74) is 3.81. The molecule has 0 radical (unpaired) electrons. The second kappa shape index (κ2) is 5.67. The Bertz CT molecular complexity index is 721. The molecule has 0 aliphatic carbocycles. The first-order valence-corrected chi connectivity index (χ1v) is 7.61. The van der Waals surface area contributed by atoms with E-state index in [4.69, 9.17) is 11.0 Å². The summed E-state index contributed by atoms with van der Waals surface area (Å²) in [6.45, 7) is 0.752. The SMILES string of the molecule is N#Cc1c(NS(=O)(=O)N2CCCC2)ccc(F)c1C(N)=O. The fourth-order valence-electron chi connectivity index (χ4n) is 2.15. The van der Waals surface area contributed by atoms with Gasteiger partial charge in [-0.3, -0.25) is 9.52 Å². The summed E-state index contributed by atoms with van der Waals surface area (Å²) in [5, 5.41) is 9.06.